The number of nitrogens with zero attached hydrogens (tertiary/aromatic N) is 1. The maximum absolute atomic E-state index is 10.6. The first-order valence-electron chi connectivity index (χ1n) is 6.22. The fraction of sp³-hybridized carbons (Fsp3) is 0.538. The van der Waals surface area contributed by atoms with E-state index in [1.807, 2.05) is 23.9 Å². The minimum Gasteiger partial charge on any atom is -0.310 e. The van der Waals surface area contributed by atoms with Gasteiger partial charge < -0.3 is 5.32 Å². The van der Waals surface area contributed by atoms with Gasteiger partial charge in [-0.25, -0.2) is 0 Å². The summed E-state index contributed by atoms with van der Waals surface area (Å²) in [5.74, 6) is 3.30. The first kappa shape index (κ1) is 13.4. The summed E-state index contributed by atoms with van der Waals surface area (Å²) in [6, 6.07) is 7.05. The highest BCUT2D eigenvalue weighted by molar-refractivity contribution is 7.99. The van der Waals surface area contributed by atoms with E-state index < -0.39 is 0 Å². The van der Waals surface area contributed by atoms with Crippen LogP contribution in [0.1, 0.15) is 24.9 Å². The lowest BCUT2D eigenvalue weighted by atomic mass is 10.1. The standard InChI is InChI=1S/C13H18N2O2S/c1-10(14-8-11-6-7-18-9-11)12-2-4-13(5-3-12)15(16)17/h2-5,10-11,14H,6-9H2,1H3. The van der Waals surface area contributed by atoms with Crippen molar-refractivity contribution in [3.05, 3.63) is 39.9 Å². The van der Waals surface area contributed by atoms with Crippen LogP contribution in [-0.4, -0.2) is 23.0 Å². The lowest BCUT2D eigenvalue weighted by Crippen LogP contribution is -2.25. The molecule has 5 heteroatoms. The molecule has 2 atom stereocenters. The van der Waals surface area contributed by atoms with Crippen molar-refractivity contribution in [3.63, 3.8) is 0 Å². The summed E-state index contributed by atoms with van der Waals surface area (Å²) in [5.41, 5.74) is 1.25. The van der Waals surface area contributed by atoms with E-state index in [9.17, 15) is 10.1 Å². The molecule has 0 radical (unpaired) electrons. The van der Waals surface area contributed by atoms with Crippen molar-refractivity contribution >= 4 is 17.4 Å². The fourth-order valence-electron chi connectivity index (χ4n) is 2.09. The Balaban J connectivity index is 1.87. The fourth-order valence-corrected chi connectivity index (χ4v) is 3.37. The van der Waals surface area contributed by atoms with Gasteiger partial charge in [-0.05, 0) is 42.9 Å². The van der Waals surface area contributed by atoms with Crippen LogP contribution >= 0.6 is 11.8 Å². The predicted molar refractivity (Wildman–Crippen MR) is 74.9 cm³/mol. The Morgan fingerprint density at radius 1 is 1.50 bits per heavy atom. The van der Waals surface area contributed by atoms with Crippen molar-refractivity contribution in [2.75, 3.05) is 18.1 Å². The van der Waals surface area contributed by atoms with Crippen LogP contribution in [-0.2, 0) is 0 Å². The van der Waals surface area contributed by atoms with Crippen molar-refractivity contribution < 1.29 is 4.92 Å². The Labute approximate surface area is 111 Å². The van der Waals surface area contributed by atoms with Crippen LogP contribution in [0.4, 0.5) is 5.69 Å². The van der Waals surface area contributed by atoms with E-state index in [0.717, 1.165) is 18.0 Å². The van der Waals surface area contributed by atoms with Gasteiger partial charge in [0.2, 0.25) is 0 Å². The molecule has 98 valence electrons. The third-order valence-electron chi connectivity index (χ3n) is 3.34. The van der Waals surface area contributed by atoms with Crippen molar-refractivity contribution in [2.24, 2.45) is 5.92 Å². The second kappa shape index (κ2) is 6.20. The lowest BCUT2D eigenvalue weighted by Gasteiger charge is -2.17. The maximum Gasteiger partial charge on any atom is 0.269 e. The number of benzene rings is 1. The van der Waals surface area contributed by atoms with Crippen LogP contribution in [0.3, 0.4) is 0 Å². The first-order chi connectivity index (χ1) is 8.66. The van der Waals surface area contributed by atoms with E-state index >= 15 is 0 Å². The molecule has 2 rings (SSSR count). The van der Waals surface area contributed by atoms with Gasteiger partial charge >= 0.3 is 0 Å². The van der Waals surface area contributed by atoms with E-state index in [2.05, 4.69) is 12.2 Å². The second-order valence-corrected chi connectivity index (χ2v) is 5.86. The molecular formula is C13H18N2O2S. The topological polar surface area (TPSA) is 55.2 Å². The van der Waals surface area contributed by atoms with Gasteiger partial charge in [0.25, 0.3) is 5.69 Å². The smallest absolute Gasteiger partial charge is 0.269 e. The van der Waals surface area contributed by atoms with Crippen LogP contribution in [0.5, 0.6) is 0 Å². The van der Waals surface area contributed by atoms with E-state index in [1.165, 1.54) is 17.9 Å². The molecule has 1 aromatic rings. The number of nitro groups is 1. The molecular weight excluding hydrogens is 248 g/mol. The van der Waals surface area contributed by atoms with Crippen molar-refractivity contribution in [1.29, 1.82) is 0 Å². The van der Waals surface area contributed by atoms with Crippen LogP contribution in [0.15, 0.2) is 24.3 Å². The monoisotopic (exact) mass is 266 g/mol. The minimum atomic E-state index is -0.363. The van der Waals surface area contributed by atoms with Crippen LogP contribution in [0, 0.1) is 16.0 Å². The normalized spacial score (nSPS) is 20.8. The zero-order chi connectivity index (χ0) is 13.0. The Bertz CT molecular complexity index is 402. The van der Waals surface area contributed by atoms with Gasteiger partial charge in [0.1, 0.15) is 0 Å². The van der Waals surface area contributed by atoms with Crippen LogP contribution in [0.25, 0.3) is 0 Å². The molecule has 0 spiro atoms. The zero-order valence-electron chi connectivity index (χ0n) is 10.5. The molecule has 18 heavy (non-hydrogen) atoms. The van der Waals surface area contributed by atoms with E-state index in [-0.39, 0.29) is 16.7 Å². The Morgan fingerprint density at radius 3 is 2.78 bits per heavy atom. The third kappa shape index (κ3) is 3.46. The minimum absolute atomic E-state index is 0.151. The van der Waals surface area contributed by atoms with Gasteiger partial charge in [-0.1, -0.05) is 12.1 Å². The predicted octanol–water partition coefficient (Wildman–Crippen LogP) is 3.00. The maximum atomic E-state index is 10.6. The van der Waals surface area contributed by atoms with E-state index in [4.69, 9.17) is 0 Å². The Morgan fingerprint density at radius 2 is 2.22 bits per heavy atom. The highest BCUT2D eigenvalue weighted by Crippen LogP contribution is 2.24. The van der Waals surface area contributed by atoms with Gasteiger partial charge in [0, 0.05) is 18.2 Å². The van der Waals surface area contributed by atoms with Crippen LogP contribution < -0.4 is 5.32 Å². The molecule has 2 unspecified atom stereocenters. The van der Waals surface area contributed by atoms with Gasteiger partial charge in [-0.15, -0.1) is 0 Å². The number of thioether (sulfide) groups is 1. The molecule has 0 saturated carbocycles. The zero-order valence-corrected chi connectivity index (χ0v) is 11.3. The number of hydrogen-bond acceptors (Lipinski definition) is 4. The molecule has 1 fully saturated rings. The van der Waals surface area contributed by atoms with Gasteiger partial charge in [-0.2, -0.15) is 11.8 Å². The van der Waals surface area contributed by atoms with Crippen molar-refractivity contribution in [2.45, 2.75) is 19.4 Å². The molecule has 0 amide bonds. The lowest BCUT2D eigenvalue weighted by molar-refractivity contribution is -0.384. The van der Waals surface area contributed by atoms with Gasteiger partial charge in [-0.3, -0.25) is 10.1 Å². The summed E-state index contributed by atoms with van der Waals surface area (Å²) < 4.78 is 0. The second-order valence-electron chi connectivity index (χ2n) is 4.71. The number of hydrogen-bond donors (Lipinski definition) is 1. The summed E-state index contributed by atoms with van der Waals surface area (Å²) >= 11 is 2.02. The molecule has 1 aliphatic heterocycles. The molecule has 1 heterocycles. The third-order valence-corrected chi connectivity index (χ3v) is 4.57. The Hall–Kier alpha value is -1.07. The highest BCUT2D eigenvalue weighted by Gasteiger charge is 2.16. The van der Waals surface area contributed by atoms with E-state index in [0.29, 0.717) is 0 Å². The Kier molecular flexibility index (Phi) is 4.60. The number of rotatable bonds is 5. The average molecular weight is 266 g/mol. The SMILES string of the molecule is CC(NCC1CCSC1)c1ccc([N+](=O)[O-])cc1. The number of non-ortho nitro benzene ring substituents is 1. The summed E-state index contributed by atoms with van der Waals surface area (Å²) in [6.45, 7) is 3.13. The quantitative estimate of drug-likeness (QED) is 0.657. The summed E-state index contributed by atoms with van der Waals surface area (Å²) in [4.78, 5) is 10.2. The van der Waals surface area contributed by atoms with Gasteiger partial charge in [0.05, 0.1) is 4.92 Å². The molecule has 0 aliphatic carbocycles. The molecule has 1 N–H and O–H groups in total. The molecule has 4 nitrogen and oxygen atoms in total. The van der Waals surface area contributed by atoms with E-state index in [1.54, 1.807) is 12.1 Å². The van der Waals surface area contributed by atoms with Gasteiger partial charge in [0.15, 0.2) is 0 Å². The molecule has 0 aromatic heterocycles. The summed E-state index contributed by atoms with van der Waals surface area (Å²) in [7, 11) is 0. The first-order valence-corrected chi connectivity index (χ1v) is 7.38. The number of nitro benzene ring substituents is 1. The number of nitrogens with one attached hydrogen (secondary N) is 1. The summed E-state index contributed by atoms with van der Waals surface area (Å²) in [6.07, 6.45) is 1.30. The molecule has 1 saturated heterocycles. The van der Waals surface area contributed by atoms with Crippen molar-refractivity contribution in [3.8, 4) is 0 Å². The highest BCUT2D eigenvalue weighted by atomic mass is 32.2. The van der Waals surface area contributed by atoms with Crippen molar-refractivity contribution in [1.82, 2.24) is 5.32 Å². The van der Waals surface area contributed by atoms with Crippen LogP contribution in [0.2, 0.25) is 0 Å². The largest absolute Gasteiger partial charge is 0.310 e. The average Bonchev–Trinajstić information content (AvgIpc) is 2.89. The molecule has 1 aliphatic rings. The molecule has 1 aromatic carbocycles. The molecule has 0 bridgehead atoms. The summed E-state index contributed by atoms with van der Waals surface area (Å²) in [5, 5.41) is 14.1.